The van der Waals surface area contributed by atoms with Crippen molar-refractivity contribution >= 4 is 5.91 Å². The molecule has 94 valence electrons. The molecule has 0 aliphatic carbocycles. The van der Waals surface area contributed by atoms with Crippen molar-refractivity contribution in [1.29, 1.82) is 0 Å². The summed E-state index contributed by atoms with van der Waals surface area (Å²) >= 11 is 0. The Morgan fingerprint density at radius 1 is 1.06 bits per heavy atom. The van der Waals surface area contributed by atoms with Crippen LogP contribution in [0.15, 0.2) is 30.3 Å². The highest BCUT2D eigenvalue weighted by atomic mass is 16.1. The molecule has 1 N–H and O–H groups in total. The molecular weight excluding hydrogens is 210 g/mol. The molecule has 0 atom stereocenters. The van der Waals surface area contributed by atoms with Crippen LogP contribution in [-0.2, 0) is 0 Å². The molecule has 0 aliphatic heterocycles. The summed E-state index contributed by atoms with van der Waals surface area (Å²) in [7, 11) is 0. The van der Waals surface area contributed by atoms with Gasteiger partial charge in [-0.25, -0.2) is 0 Å². The van der Waals surface area contributed by atoms with Gasteiger partial charge >= 0.3 is 0 Å². The van der Waals surface area contributed by atoms with Gasteiger partial charge in [0.1, 0.15) is 0 Å². The van der Waals surface area contributed by atoms with Crippen LogP contribution < -0.4 is 5.32 Å². The summed E-state index contributed by atoms with van der Waals surface area (Å²) < 4.78 is 0. The summed E-state index contributed by atoms with van der Waals surface area (Å²) in [6.45, 7) is 9.58. The highest BCUT2D eigenvalue weighted by molar-refractivity contribution is 5.94. The van der Waals surface area contributed by atoms with Crippen molar-refractivity contribution in [2.24, 2.45) is 17.8 Å². The van der Waals surface area contributed by atoms with E-state index in [-0.39, 0.29) is 5.91 Å². The zero-order chi connectivity index (χ0) is 12.8. The minimum absolute atomic E-state index is 0.0249. The Labute approximate surface area is 104 Å². The monoisotopic (exact) mass is 233 g/mol. The van der Waals surface area contributed by atoms with E-state index in [2.05, 4.69) is 33.0 Å². The Bertz CT molecular complexity index is 335. The molecular formula is C15H23NO. The fourth-order valence-electron chi connectivity index (χ4n) is 2.14. The number of amides is 1. The number of nitrogens with one attached hydrogen (secondary N) is 1. The van der Waals surface area contributed by atoms with E-state index in [1.165, 1.54) is 0 Å². The highest BCUT2D eigenvalue weighted by Gasteiger charge is 2.18. The first-order chi connectivity index (χ1) is 8.02. The molecule has 2 heteroatoms. The van der Waals surface area contributed by atoms with Crippen LogP contribution >= 0.6 is 0 Å². The quantitative estimate of drug-likeness (QED) is 0.830. The molecule has 0 spiro atoms. The van der Waals surface area contributed by atoms with Gasteiger partial charge in [-0.05, 0) is 29.9 Å². The fourth-order valence-corrected chi connectivity index (χ4v) is 2.14. The number of benzene rings is 1. The second-order valence-corrected chi connectivity index (χ2v) is 5.23. The van der Waals surface area contributed by atoms with E-state index < -0.39 is 0 Å². The van der Waals surface area contributed by atoms with E-state index in [0.717, 1.165) is 12.1 Å². The fraction of sp³-hybridized carbons (Fsp3) is 0.533. The maximum Gasteiger partial charge on any atom is 0.251 e. The van der Waals surface area contributed by atoms with Crippen LogP contribution in [0, 0.1) is 17.8 Å². The third-order valence-electron chi connectivity index (χ3n) is 3.25. The summed E-state index contributed by atoms with van der Waals surface area (Å²) in [4.78, 5) is 11.9. The number of carbonyl (C=O) groups excluding carboxylic acids is 1. The third kappa shape index (κ3) is 4.22. The van der Waals surface area contributed by atoms with Gasteiger partial charge in [-0.3, -0.25) is 4.79 Å². The second kappa shape index (κ2) is 6.43. The summed E-state index contributed by atoms with van der Waals surface area (Å²) in [5, 5.41) is 3.02. The molecule has 1 aromatic carbocycles. The molecule has 0 bridgehead atoms. The van der Waals surface area contributed by atoms with Crippen LogP contribution in [0.2, 0.25) is 0 Å². The van der Waals surface area contributed by atoms with Gasteiger partial charge in [0.25, 0.3) is 5.91 Å². The summed E-state index contributed by atoms with van der Waals surface area (Å²) in [6.07, 6.45) is 0. The van der Waals surface area contributed by atoms with Crippen LogP contribution in [0.3, 0.4) is 0 Å². The first-order valence-corrected chi connectivity index (χ1v) is 6.35. The smallest absolute Gasteiger partial charge is 0.251 e. The molecule has 1 amide bonds. The Hall–Kier alpha value is -1.31. The second-order valence-electron chi connectivity index (χ2n) is 5.23. The van der Waals surface area contributed by atoms with E-state index in [1.807, 2.05) is 30.3 Å². The lowest BCUT2D eigenvalue weighted by molar-refractivity contribution is 0.0937. The normalized spacial score (nSPS) is 11.2. The minimum Gasteiger partial charge on any atom is -0.352 e. The van der Waals surface area contributed by atoms with Gasteiger partial charge in [0, 0.05) is 12.1 Å². The average Bonchev–Trinajstić information content (AvgIpc) is 2.29. The first kappa shape index (κ1) is 13.8. The van der Waals surface area contributed by atoms with E-state index in [9.17, 15) is 4.79 Å². The molecule has 0 fully saturated rings. The van der Waals surface area contributed by atoms with Crippen LogP contribution in [0.4, 0.5) is 0 Å². The molecule has 0 saturated heterocycles. The van der Waals surface area contributed by atoms with E-state index in [1.54, 1.807) is 0 Å². The molecule has 1 rings (SSSR count). The van der Waals surface area contributed by atoms with Gasteiger partial charge in [-0.1, -0.05) is 45.9 Å². The lowest BCUT2D eigenvalue weighted by Crippen LogP contribution is -2.33. The lowest BCUT2D eigenvalue weighted by atomic mass is 9.85. The van der Waals surface area contributed by atoms with E-state index in [0.29, 0.717) is 17.8 Å². The average molecular weight is 233 g/mol. The molecule has 0 radical (unpaired) electrons. The Morgan fingerprint density at radius 3 is 2.06 bits per heavy atom. The van der Waals surface area contributed by atoms with E-state index in [4.69, 9.17) is 0 Å². The lowest BCUT2D eigenvalue weighted by Gasteiger charge is -2.25. The largest absolute Gasteiger partial charge is 0.352 e. The molecule has 1 aromatic rings. The van der Waals surface area contributed by atoms with Gasteiger partial charge in [-0.15, -0.1) is 0 Å². The minimum atomic E-state index is 0.0249. The van der Waals surface area contributed by atoms with Crippen molar-refractivity contribution in [2.75, 3.05) is 6.54 Å². The van der Waals surface area contributed by atoms with Crippen molar-refractivity contribution < 1.29 is 4.79 Å². The number of hydrogen-bond acceptors (Lipinski definition) is 1. The Kier molecular flexibility index (Phi) is 5.20. The Balaban J connectivity index is 2.53. The molecule has 0 aromatic heterocycles. The number of carbonyl (C=O) groups is 1. The van der Waals surface area contributed by atoms with Gasteiger partial charge in [-0.2, -0.15) is 0 Å². The van der Waals surface area contributed by atoms with Crippen molar-refractivity contribution in [3.05, 3.63) is 35.9 Å². The molecule has 0 heterocycles. The van der Waals surface area contributed by atoms with Crippen LogP contribution in [-0.4, -0.2) is 12.5 Å². The third-order valence-corrected chi connectivity index (χ3v) is 3.25. The zero-order valence-electron chi connectivity index (χ0n) is 11.2. The van der Waals surface area contributed by atoms with Crippen molar-refractivity contribution in [1.82, 2.24) is 5.32 Å². The first-order valence-electron chi connectivity index (χ1n) is 6.35. The van der Waals surface area contributed by atoms with Gasteiger partial charge < -0.3 is 5.32 Å². The molecule has 2 nitrogen and oxygen atoms in total. The van der Waals surface area contributed by atoms with E-state index >= 15 is 0 Å². The van der Waals surface area contributed by atoms with Crippen molar-refractivity contribution in [3.8, 4) is 0 Å². The molecule has 17 heavy (non-hydrogen) atoms. The van der Waals surface area contributed by atoms with Crippen molar-refractivity contribution in [2.45, 2.75) is 27.7 Å². The van der Waals surface area contributed by atoms with Crippen LogP contribution in [0.1, 0.15) is 38.1 Å². The maximum absolute atomic E-state index is 11.9. The maximum atomic E-state index is 11.9. The predicted molar refractivity (Wildman–Crippen MR) is 71.9 cm³/mol. The molecule has 0 unspecified atom stereocenters. The topological polar surface area (TPSA) is 29.1 Å². The summed E-state index contributed by atoms with van der Waals surface area (Å²) in [5.74, 6) is 1.73. The SMILES string of the molecule is CC(C)C(CNC(=O)c1ccccc1)C(C)C. The Morgan fingerprint density at radius 2 is 1.59 bits per heavy atom. The number of rotatable bonds is 5. The standard InChI is InChI=1S/C15H23NO/c1-11(2)14(12(3)4)10-16-15(17)13-8-6-5-7-9-13/h5-9,11-12,14H,10H2,1-4H3,(H,16,17). The van der Waals surface area contributed by atoms with Gasteiger partial charge in [0.2, 0.25) is 0 Å². The number of hydrogen-bond donors (Lipinski definition) is 1. The molecule has 0 aliphatic rings. The summed E-state index contributed by atoms with van der Waals surface area (Å²) in [5.41, 5.74) is 0.735. The van der Waals surface area contributed by atoms with Gasteiger partial charge in [0.15, 0.2) is 0 Å². The van der Waals surface area contributed by atoms with Crippen LogP contribution in [0.5, 0.6) is 0 Å². The van der Waals surface area contributed by atoms with Gasteiger partial charge in [0.05, 0.1) is 0 Å². The zero-order valence-corrected chi connectivity index (χ0v) is 11.2. The predicted octanol–water partition coefficient (Wildman–Crippen LogP) is 3.34. The highest BCUT2D eigenvalue weighted by Crippen LogP contribution is 2.19. The summed E-state index contributed by atoms with van der Waals surface area (Å²) in [6, 6.07) is 9.38. The molecule has 0 saturated carbocycles. The van der Waals surface area contributed by atoms with Crippen LogP contribution in [0.25, 0.3) is 0 Å². The van der Waals surface area contributed by atoms with Crippen molar-refractivity contribution in [3.63, 3.8) is 0 Å².